The van der Waals surface area contributed by atoms with E-state index in [9.17, 15) is 18.0 Å². The first-order valence-electron chi connectivity index (χ1n) is 12.0. The third-order valence-electron chi connectivity index (χ3n) is 7.54. The number of hydrogen-bond donors (Lipinski definition) is 1. The molecule has 2 aromatic rings. The Balaban J connectivity index is 1.11. The van der Waals surface area contributed by atoms with Crippen LogP contribution < -0.4 is 10.2 Å². The Morgan fingerprint density at radius 2 is 1.59 bits per heavy atom. The van der Waals surface area contributed by atoms with Crippen molar-refractivity contribution in [3.05, 3.63) is 65.5 Å². The van der Waals surface area contributed by atoms with Crippen molar-refractivity contribution in [2.24, 2.45) is 5.41 Å². The van der Waals surface area contributed by atoms with Crippen molar-refractivity contribution in [3.63, 3.8) is 0 Å². The number of nitrogens with one attached hydrogen (secondary N) is 1. The van der Waals surface area contributed by atoms with E-state index in [0.717, 1.165) is 44.6 Å². The molecule has 2 aliphatic heterocycles. The quantitative estimate of drug-likeness (QED) is 0.672. The summed E-state index contributed by atoms with van der Waals surface area (Å²) >= 11 is 0. The van der Waals surface area contributed by atoms with Crippen LogP contribution in [0.1, 0.15) is 32.3 Å². The molecule has 3 fully saturated rings. The summed E-state index contributed by atoms with van der Waals surface area (Å²) in [4.78, 5) is 19.1. The van der Waals surface area contributed by atoms with Crippen molar-refractivity contribution in [1.29, 1.82) is 0 Å². The van der Waals surface area contributed by atoms with Gasteiger partial charge in [0.2, 0.25) is 0 Å². The van der Waals surface area contributed by atoms with Gasteiger partial charge in [0.15, 0.2) is 17.5 Å². The molecule has 0 aromatic heterocycles. The van der Waals surface area contributed by atoms with Crippen LogP contribution in [0.3, 0.4) is 0 Å². The summed E-state index contributed by atoms with van der Waals surface area (Å²) in [6, 6.07) is 12.3. The number of nitrogens with zero attached hydrogens (tertiary/aromatic N) is 3. The van der Waals surface area contributed by atoms with Gasteiger partial charge in [-0.2, -0.15) is 0 Å². The molecule has 34 heavy (non-hydrogen) atoms. The highest BCUT2D eigenvalue weighted by molar-refractivity contribution is 5.76. The number of hydrogen-bond acceptors (Lipinski definition) is 3. The third kappa shape index (κ3) is 4.35. The highest BCUT2D eigenvalue weighted by Crippen LogP contribution is 2.48. The van der Waals surface area contributed by atoms with E-state index in [1.807, 2.05) is 24.8 Å². The predicted molar refractivity (Wildman–Crippen MR) is 125 cm³/mol. The van der Waals surface area contributed by atoms with Crippen LogP contribution in [-0.2, 0) is 6.54 Å². The fourth-order valence-corrected chi connectivity index (χ4v) is 6.11. The SMILES string of the molecule is C[C@@H]1CN(c2cc(F)c(F)c(F)c2)C[C@H](C)N1C(=O)NC1CC2(C1)CN(Cc1ccccc1)C2. The Morgan fingerprint density at radius 3 is 2.18 bits per heavy atom. The molecule has 0 bridgehead atoms. The van der Waals surface area contributed by atoms with Crippen LogP contribution in [0.15, 0.2) is 42.5 Å². The van der Waals surface area contributed by atoms with Crippen LogP contribution >= 0.6 is 0 Å². The molecule has 1 aliphatic carbocycles. The van der Waals surface area contributed by atoms with Crippen molar-refractivity contribution in [2.75, 3.05) is 31.1 Å². The monoisotopic (exact) mass is 472 g/mol. The minimum Gasteiger partial charge on any atom is -0.367 e. The van der Waals surface area contributed by atoms with Crippen molar-refractivity contribution >= 4 is 11.7 Å². The number of rotatable bonds is 4. The molecule has 0 radical (unpaired) electrons. The van der Waals surface area contributed by atoms with Gasteiger partial charge >= 0.3 is 6.03 Å². The van der Waals surface area contributed by atoms with Gasteiger partial charge in [-0.1, -0.05) is 30.3 Å². The Kier molecular flexibility index (Phi) is 5.96. The zero-order chi connectivity index (χ0) is 24.0. The summed E-state index contributed by atoms with van der Waals surface area (Å²) in [6.07, 6.45) is 2.00. The molecule has 2 atom stereocenters. The number of piperazine rings is 1. The fraction of sp³-hybridized carbons (Fsp3) is 0.500. The molecule has 0 unspecified atom stereocenters. The normalized spacial score (nSPS) is 24.6. The predicted octanol–water partition coefficient (Wildman–Crippen LogP) is 4.38. The van der Waals surface area contributed by atoms with Crippen LogP contribution in [0.4, 0.5) is 23.7 Å². The first-order chi connectivity index (χ1) is 16.2. The molecule has 2 saturated heterocycles. The smallest absolute Gasteiger partial charge is 0.318 e. The molecular formula is C26H31F3N4O. The number of halogens is 3. The second-order valence-corrected chi connectivity index (χ2v) is 10.4. The molecule has 2 heterocycles. The van der Waals surface area contributed by atoms with E-state index in [1.165, 1.54) is 5.56 Å². The molecule has 182 valence electrons. The fourth-order valence-electron chi connectivity index (χ4n) is 6.11. The largest absolute Gasteiger partial charge is 0.367 e. The van der Waals surface area contributed by atoms with Crippen LogP contribution in [0.2, 0.25) is 0 Å². The van der Waals surface area contributed by atoms with E-state index in [1.54, 1.807) is 4.90 Å². The van der Waals surface area contributed by atoms with E-state index in [-0.39, 0.29) is 24.2 Å². The van der Waals surface area contributed by atoms with Crippen molar-refractivity contribution in [2.45, 2.75) is 51.4 Å². The average molecular weight is 473 g/mol. The Bertz CT molecular complexity index is 1020. The van der Waals surface area contributed by atoms with E-state index < -0.39 is 17.5 Å². The maximum atomic E-state index is 13.7. The standard InChI is InChI=1S/C26H31F3N4O/c1-17-12-32(21-8-22(27)24(29)23(28)9-21)13-18(2)33(17)25(34)30-20-10-26(11-20)15-31(16-26)14-19-6-4-3-5-7-19/h3-9,17-18,20H,10-16H2,1-2H3,(H,30,34)/t17-,18+. The van der Waals surface area contributed by atoms with Gasteiger partial charge < -0.3 is 15.1 Å². The zero-order valence-electron chi connectivity index (χ0n) is 19.6. The Labute approximate surface area is 198 Å². The molecule has 5 nitrogen and oxygen atoms in total. The van der Waals surface area contributed by atoms with Gasteiger partial charge in [0.1, 0.15) is 0 Å². The molecule has 8 heteroatoms. The molecule has 2 amide bonds. The number of likely N-dealkylation sites (tertiary alicyclic amines) is 1. The lowest BCUT2D eigenvalue weighted by Crippen LogP contribution is -2.68. The Morgan fingerprint density at radius 1 is 1.00 bits per heavy atom. The summed E-state index contributed by atoms with van der Waals surface area (Å²) in [5.41, 5.74) is 1.95. The van der Waals surface area contributed by atoms with Crippen molar-refractivity contribution in [3.8, 4) is 0 Å². The van der Waals surface area contributed by atoms with Crippen LogP contribution in [0.25, 0.3) is 0 Å². The van der Waals surface area contributed by atoms with Gasteiger partial charge in [-0.05, 0) is 37.7 Å². The molecule has 3 aliphatic rings. The number of carbonyl (C=O) groups is 1. The minimum absolute atomic E-state index is 0.0866. The van der Waals surface area contributed by atoms with E-state index in [0.29, 0.717) is 24.2 Å². The van der Waals surface area contributed by atoms with Crippen molar-refractivity contribution in [1.82, 2.24) is 15.1 Å². The number of benzene rings is 2. The summed E-state index contributed by atoms with van der Waals surface area (Å²) in [6.45, 7) is 7.81. The van der Waals surface area contributed by atoms with Crippen LogP contribution in [-0.4, -0.2) is 60.1 Å². The van der Waals surface area contributed by atoms with Gasteiger partial charge in [-0.3, -0.25) is 4.90 Å². The number of anilines is 1. The second-order valence-electron chi connectivity index (χ2n) is 10.4. The van der Waals surface area contributed by atoms with Crippen LogP contribution in [0, 0.1) is 22.9 Å². The van der Waals surface area contributed by atoms with Crippen molar-refractivity contribution < 1.29 is 18.0 Å². The van der Waals surface area contributed by atoms with E-state index in [2.05, 4.69) is 34.5 Å². The summed E-state index contributed by atoms with van der Waals surface area (Å²) in [5.74, 6) is -3.86. The van der Waals surface area contributed by atoms with Gasteiger partial charge in [0.05, 0.1) is 0 Å². The molecule has 1 spiro atoms. The molecule has 5 rings (SSSR count). The first-order valence-corrected chi connectivity index (χ1v) is 12.0. The van der Waals surface area contributed by atoms with Gasteiger partial charge in [0, 0.05) is 68.7 Å². The lowest BCUT2D eigenvalue weighted by Gasteiger charge is -2.59. The maximum Gasteiger partial charge on any atom is 0.318 e. The molecule has 1 saturated carbocycles. The molecule has 1 N–H and O–H groups in total. The average Bonchev–Trinajstić information content (AvgIpc) is 2.74. The molecular weight excluding hydrogens is 441 g/mol. The van der Waals surface area contributed by atoms with Gasteiger partial charge in [0.25, 0.3) is 0 Å². The topological polar surface area (TPSA) is 38.8 Å². The lowest BCUT2D eigenvalue weighted by molar-refractivity contribution is -0.0812. The highest BCUT2D eigenvalue weighted by Gasteiger charge is 2.52. The number of amides is 2. The summed E-state index contributed by atoms with van der Waals surface area (Å²) < 4.78 is 40.7. The first kappa shape index (κ1) is 23.0. The summed E-state index contributed by atoms with van der Waals surface area (Å²) in [7, 11) is 0. The maximum absolute atomic E-state index is 13.7. The third-order valence-corrected chi connectivity index (χ3v) is 7.54. The second kappa shape index (κ2) is 8.80. The van der Waals surface area contributed by atoms with E-state index >= 15 is 0 Å². The summed E-state index contributed by atoms with van der Waals surface area (Å²) in [5, 5.41) is 3.20. The number of urea groups is 1. The number of carbonyl (C=O) groups excluding carboxylic acids is 1. The van der Waals surface area contributed by atoms with E-state index in [4.69, 9.17) is 0 Å². The Hall–Kier alpha value is -2.74. The van der Waals surface area contributed by atoms with Gasteiger partial charge in [-0.15, -0.1) is 0 Å². The minimum atomic E-state index is -1.46. The van der Waals surface area contributed by atoms with Crippen LogP contribution in [0.5, 0.6) is 0 Å². The van der Waals surface area contributed by atoms with Gasteiger partial charge in [-0.25, -0.2) is 18.0 Å². The molecule has 2 aromatic carbocycles. The lowest BCUT2D eigenvalue weighted by atomic mass is 9.60. The zero-order valence-corrected chi connectivity index (χ0v) is 19.6. The highest BCUT2D eigenvalue weighted by atomic mass is 19.2.